The predicted octanol–water partition coefficient (Wildman–Crippen LogP) is 5.34. The minimum absolute atomic E-state index is 0.119. The van der Waals surface area contributed by atoms with Crippen LogP contribution in [0.15, 0.2) is 90.5 Å². The molecule has 9 nitrogen and oxygen atoms in total. The lowest BCUT2D eigenvalue weighted by atomic mass is 10.0. The zero-order chi connectivity index (χ0) is 30.3. The maximum Gasteiger partial charge on any atom is 0.257 e. The lowest BCUT2D eigenvalue weighted by Crippen LogP contribution is -2.44. The van der Waals surface area contributed by atoms with E-state index in [4.69, 9.17) is 9.57 Å². The number of ether oxygens (including phenoxy) is 1. The topological polar surface area (TPSA) is 84.2 Å². The third-order valence-corrected chi connectivity index (χ3v) is 9.34. The second-order valence-corrected chi connectivity index (χ2v) is 12.1. The fourth-order valence-corrected chi connectivity index (χ4v) is 6.88. The van der Waals surface area contributed by atoms with Crippen molar-refractivity contribution in [3.05, 3.63) is 113 Å². The molecule has 10 heteroatoms. The van der Waals surface area contributed by atoms with Crippen LogP contribution in [0.4, 0.5) is 5.69 Å². The number of thioether (sulfide) groups is 1. The van der Waals surface area contributed by atoms with Gasteiger partial charge in [-0.2, -0.15) is 0 Å². The van der Waals surface area contributed by atoms with Gasteiger partial charge in [-0.25, -0.2) is 0 Å². The zero-order valence-corrected chi connectivity index (χ0v) is 26.0. The lowest BCUT2D eigenvalue weighted by molar-refractivity contribution is 0.102. The molecule has 0 bridgehead atoms. The molecule has 4 heterocycles. The Labute approximate surface area is 262 Å². The fraction of sp³-hybridized carbons (Fsp3) is 0.324. The van der Waals surface area contributed by atoms with E-state index in [1.807, 2.05) is 73.1 Å². The molecule has 0 radical (unpaired) electrons. The molecule has 1 amide bonds. The van der Waals surface area contributed by atoms with Crippen LogP contribution in [0, 0.1) is 0 Å². The number of methoxy groups -OCH3 is 1. The molecule has 1 N–H and O–H groups in total. The molecule has 1 atom stereocenters. The standard InChI is InChI=1S/C34H38N6O3S/c1-38-17-19-39(20-18-38)15-5-21-43-37-32(25-9-11-29(42-2)12-10-25)26-6-3-8-28(22-26)36-33(41)30-13-16-40-31(30)24-44-34(40)27-7-4-14-35-23-27/h3-4,6-14,16,22-23,34H,5,15,17-21,24H2,1-2H3,(H,36,41). The number of nitrogens with zero attached hydrogens (tertiary/aromatic N) is 5. The van der Waals surface area contributed by atoms with Gasteiger partial charge in [0.1, 0.15) is 23.4 Å². The number of likely N-dealkylation sites (N-methyl/N-ethyl adjacent to an activating group) is 1. The highest BCUT2D eigenvalue weighted by atomic mass is 32.2. The van der Waals surface area contributed by atoms with Crippen LogP contribution in [0.3, 0.4) is 0 Å². The monoisotopic (exact) mass is 610 g/mol. The summed E-state index contributed by atoms with van der Waals surface area (Å²) in [6.07, 6.45) is 6.56. The van der Waals surface area contributed by atoms with Crippen molar-refractivity contribution in [3.8, 4) is 5.75 Å². The predicted molar refractivity (Wildman–Crippen MR) is 176 cm³/mol. The Bertz CT molecular complexity index is 1580. The average molecular weight is 611 g/mol. The SMILES string of the molecule is COc1ccc(C(=NOCCCN2CCN(C)CC2)c2cccc(NC(=O)c3ccn4c3CSC4c3cccnc3)c2)cc1. The Hall–Kier alpha value is -4.12. The summed E-state index contributed by atoms with van der Waals surface area (Å²) in [5.74, 6) is 1.40. The molecule has 2 aromatic carbocycles. The molecule has 2 aliphatic heterocycles. The largest absolute Gasteiger partial charge is 0.497 e. The van der Waals surface area contributed by atoms with E-state index < -0.39 is 0 Å². The van der Waals surface area contributed by atoms with E-state index in [1.165, 1.54) is 0 Å². The quantitative estimate of drug-likeness (QED) is 0.139. The summed E-state index contributed by atoms with van der Waals surface area (Å²) in [4.78, 5) is 28.4. The zero-order valence-electron chi connectivity index (χ0n) is 25.2. The summed E-state index contributed by atoms with van der Waals surface area (Å²) < 4.78 is 7.53. The van der Waals surface area contributed by atoms with E-state index in [2.05, 4.69) is 42.9 Å². The molecule has 4 aromatic rings. The van der Waals surface area contributed by atoms with Gasteiger partial charge in [-0.05, 0) is 62.0 Å². The van der Waals surface area contributed by atoms with Gasteiger partial charge in [0.25, 0.3) is 5.91 Å². The summed E-state index contributed by atoms with van der Waals surface area (Å²) >= 11 is 1.79. The first-order valence-corrected chi connectivity index (χ1v) is 16.0. The van der Waals surface area contributed by atoms with Gasteiger partial charge >= 0.3 is 0 Å². The second-order valence-electron chi connectivity index (χ2n) is 11.1. The second kappa shape index (κ2) is 14.1. The lowest BCUT2D eigenvalue weighted by Gasteiger charge is -2.32. The van der Waals surface area contributed by atoms with Crippen molar-refractivity contribution in [2.75, 3.05) is 58.8 Å². The number of piperazine rings is 1. The number of aromatic nitrogens is 2. The van der Waals surface area contributed by atoms with Gasteiger partial charge in [0.05, 0.1) is 12.7 Å². The number of carbonyl (C=O) groups is 1. The van der Waals surface area contributed by atoms with Crippen molar-refractivity contribution in [1.29, 1.82) is 0 Å². The Morgan fingerprint density at radius 3 is 2.66 bits per heavy atom. The van der Waals surface area contributed by atoms with Crippen LogP contribution in [-0.2, 0) is 10.6 Å². The highest BCUT2D eigenvalue weighted by Gasteiger charge is 2.28. The van der Waals surface area contributed by atoms with E-state index in [-0.39, 0.29) is 11.3 Å². The van der Waals surface area contributed by atoms with Crippen LogP contribution in [0.25, 0.3) is 0 Å². The average Bonchev–Trinajstić information content (AvgIpc) is 3.67. The van der Waals surface area contributed by atoms with Crippen LogP contribution < -0.4 is 10.1 Å². The molecule has 1 unspecified atom stereocenters. The number of hydrogen-bond acceptors (Lipinski definition) is 8. The summed E-state index contributed by atoms with van der Waals surface area (Å²) in [5.41, 5.74) is 5.96. The molecule has 1 saturated heterocycles. The minimum Gasteiger partial charge on any atom is -0.497 e. The number of amides is 1. The number of fused-ring (bicyclic) bond motifs is 1. The number of oxime groups is 1. The van der Waals surface area contributed by atoms with Crippen molar-refractivity contribution >= 4 is 29.1 Å². The van der Waals surface area contributed by atoms with Crippen LogP contribution in [0.1, 0.15) is 44.5 Å². The fourth-order valence-electron chi connectivity index (χ4n) is 5.57. The van der Waals surface area contributed by atoms with E-state index in [9.17, 15) is 4.79 Å². The highest BCUT2D eigenvalue weighted by Crippen LogP contribution is 2.42. The Kier molecular flexibility index (Phi) is 9.60. The molecule has 0 aliphatic carbocycles. The number of benzene rings is 2. The van der Waals surface area contributed by atoms with Crippen LogP contribution >= 0.6 is 11.8 Å². The van der Waals surface area contributed by atoms with Gasteiger partial charge in [-0.3, -0.25) is 9.78 Å². The maximum absolute atomic E-state index is 13.5. The normalized spacial score (nSPS) is 17.3. The van der Waals surface area contributed by atoms with E-state index in [0.717, 1.165) is 73.0 Å². The summed E-state index contributed by atoms with van der Waals surface area (Å²) in [7, 11) is 3.82. The van der Waals surface area contributed by atoms with Crippen LogP contribution in [-0.4, -0.2) is 84.5 Å². The van der Waals surface area contributed by atoms with Crippen molar-refractivity contribution < 1.29 is 14.4 Å². The van der Waals surface area contributed by atoms with Crippen molar-refractivity contribution in [3.63, 3.8) is 0 Å². The van der Waals surface area contributed by atoms with E-state index in [0.29, 0.717) is 23.6 Å². The first-order chi connectivity index (χ1) is 21.6. The summed E-state index contributed by atoms with van der Waals surface area (Å²) in [6.45, 7) is 5.91. The van der Waals surface area contributed by atoms with Gasteiger partial charge in [-0.1, -0.05) is 23.4 Å². The Balaban J connectivity index is 1.16. The minimum atomic E-state index is -0.133. The van der Waals surface area contributed by atoms with E-state index >= 15 is 0 Å². The van der Waals surface area contributed by atoms with Gasteiger partial charge in [0, 0.05) is 85.1 Å². The van der Waals surface area contributed by atoms with Crippen LogP contribution in [0.2, 0.25) is 0 Å². The van der Waals surface area contributed by atoms with Crippen molar-refractivity contribution in [2.45, 2.75) is 17.5 Å². The Morgan fingerprint density at radius 2 is 1.89 bits per heavy atom. The maximum atomic E-state index is 13.5. The smallest absolute Gasteiger partial charge is 0.257 e. The molecular weight excluding hydrogens is 572 g/mol. The summed E-state index contributed by atoms with van der Waals surface area (Å²) in [6, 6.07) is 21.4. The van der Waals surface area contributed by atoms with Crippen LogP contribution in [0.5, 0.6) is 5.75 Å². The van der Waals surface area contributed by atoms with Gasteiger partial charge in [-0.15, -0.1) is 11.8 Å². The number of hydrogen-bond donors (Lipinski definition) is 1. The van der Waals surface area contributed by atoms with Crippen molar-refractivity contribution in [1.82, 2.24) is 19.4 Å². The number of carbonyl (C=O) groups excluding carboxylic acids is 1. The molecule has 1 fully saturated rings. The number of pyridine rings is 1. The number of nitrogens with one attached hydrogen (secondary N) is 1. The van der Waals surface area contributed by atoms with Gasteiger partial charge in [0.2, 0.25) is 0 Å². The van der Waals surface area contributed by atoms with Gasteiger partial charge < -0.3 is 29.3 Å². The third kappa shape index (κ3) is 6.99. The van der Waals surface area contributed by atoms with Gasteiger partial charge in [0.15, 0.2) is 0 Å². The molecule has 228 valence electrons. The number of rotatable bonds is 11. The molecule has 2 aromatic heterocycles. The summed E-state index contributed by atoms with van der Waals surface area (Å²) in [5, 5.41) is 7.82. The molecule has 0 saturated carbocycles. The highest BCUT2D eigenvalue weighted by molar-refractivity contribution is 7.99. The molecular formula is C34H38N6O3S. The van der Waals surface area contributed by atoms with Crippen molar-refractivity contribution in [2.24, 2.45) is 5.16 Å². The molecule has 0 spiro atoms. The first-order valence-electron chi connectivity index (χ1n) is 15.0. The molecule has 6 rings (SSSR count). The molecule has 44 heavy (non-hydrogen) atoms. The number of anilines is 1. The Morgan fingerprint density at radius 1 is 1.05 bits per heavy atom. The first kappa shape index (κ1) is 29.9. The third-order valence-electron chi connectivity index (χ3n) is 8.09. The molecule has 2 aliphatic rings. The van der Waals surface area contributed by atoms with E-state index in [1.54, 1.807) is 25.1 Å².